The maximum absolute atomic E-state index is 12.9. The fourth-order valence-corrected chi connectivity index (χ4v) is 6.79. The lowest BCUT2D eigenvalue weighted by Crippen LogP contribution is -2.49. The molecular formula is C27H38N2O2. The molecule has 3 fully saturated rings. The lowest BCUT2D eigenvalue weighted by molar-refractivity contribution is -0.145. The summed E-state index contributed by atoms with van der Waals surface area (Å²) in [6.07, 6.45) is 7.44. The van der Waals surface area contributed by atoms with E-state index in [-0.39, 0.29) is 29.3 Å². The van der Waals surface area contributed by atoms with Crippen molar-refractivity contribution in [2.45, 2.75) is 59.5 Å². The summed E-state index contributed by atoms with van der Waals surface area (Å²) in [5.74, 6) is 0.965. The van der Waals surface area contributed by atoms with Gasteiger partial charge in [0.2, 0.25) is 0 Å². The third-order valence-electron chi connectivity index (χ3n) is 8.83. The highest BCUT2D eigenvalue weighted by Crippen LogP contribution is 2.54. The lowest BCUT2D eigenvalue weighted by Gasteiger charge is -2.46. The first-order valence-corrected chi connectivity index (χ1v) is 12.3. The molecule has 5 atom stereocenters. The van der Waals surface area contributed by atoms with Crippen LogP contribution in [0.2, 0.25) is 0 Å². The Morgan fingerprint density at radius 3 is 2.71 bits per heavy atom. The molecule has 2 heterocycles. The van der Waals surface area contributed by atoms with Crippen molar-refractivity contribution in [2.24, 2.45) is 23.2 Å². The van der Waals surface area contributed by atoms with Crippen LogP contribution in [0.5, 0.6) is 0 Å². The standard InChI is InChI=1S/C27H38N2O2/c1-18-7-5-9-24(20(18)3)29-13-11-28(12-14-29)17-22-21-15-23-19(2)8-6-10-27(23,4)16-25(21)31-26(22)30/h5,7,9,15,19,21-22,25H,6,8,10-14,16-17H2,1-4H3/t19-,21-,22+,25+,27+/m1/s1. The van der Waals surface area contributed by atoms with Gasteiger partial charge in [0.05, 0.1) is 5.92 Å². The van der Waals surface area contributed by atoms with Crippen LogP contribution >= 0.6 is 0 Å². The average molecular weight is 423 g/mol. The average Bonchev–Trinajstić information content (AvgIpc) is 3.03. The highest BCUT2D eigenvalue weighted by Gasteiger charge is 2.52. The molecule has 0 radical (unpaired) electrons. The van der Waals surface area contributed by atoms with Gasteiger partial charge in [0.15, 0.2) is 0 Å². The monoisotopic (exact) mass is 422 g/mol. The van der Waals surface area contributed by atoms with Crippen molar-refractivity contribution in [3.05, 3.63) is 41.0 Å². The molecule has 1 saturated carbocycles. The van der Waals surface area contributed by atoms with Crippen molar-refractivity contribution in [3.8, 4) is 0 Å². The summed E-state index contributed by atoms with van der Waals surface area (Å²) in [7, 11) is 0. The second kappa shape index (κ2) is 7.95. The first-order valence-electron chi connectivity index (χ1n) is 12.3. The van der Waals surface area contributed by atoms with Gasteiger partial charge in [-0.25, -0.2) is 0 Å². The maximum Gasteiger partial charge on any atom is 0.311 e. The number of fused-ring (bicyclic) bond motifs is 2. The number of allylic oxidation sites excluding steroid dienone is 1. The van der Waals surface area contributed by atoms with E-state index in [0.717, 1.165) is 39.1 Å². The summed E-state index contributed by atoms with van der Waals surface area (Å²) >= 11 is 0. The Kier molecular flexibility index (Phi) is 5.40. The molecule has 31 heavy (non-hydrogen) atoms. The number of ether oxygens (including phenoxy) is 1. The SMILES string of the molecule is Cc1cccc(N2CCN(C[C@@H]3C(=O)O[C@H]4C[C@]5(C)CCC[C@@H](C)C5=C[C@@H]43)CC2)c1C. The molecule has 2 aliphatic carbocycles. The lowest BCUT2D eigenvalue weighted by atomic mass is 9.59. The van der Waals surface area contributed by atoms with Gasteiger partial charge in [-0.3, -0.25) is 9.69 Å². The Morgan fingerprint density at radius 2 is 1.94 bits per heavy atom. The van der Waals surface area contributed by atoms with Crippen molar-refractivity contribution in [1.82, 2.24) is 4.90 Å². The Bertz CT molecular complexity index is 885. The van der Waals surface area contributed by atoms with Gasteiger partial charge < -0.3 is 9.64 Å². The Morgan fingerprint density at radius 1 is 1.16 bits per heavy atom. The number of carbonyl (C=O) groups excluding carboxylic acids is 1. The second-order valence-electron chi connectivity index (χ2n) is 10.8. The molecule has 2 aliphatic heterocycles. The van der Waals surface area contributed by atoms with Crippen LogP contribution < -0.4 is 4.90 Å². The molecule has 4 heteroatoms. The van der Waals surface area contributed by atoms with Crippen LogP contribution in [0, 0.1) is 37.0 Å². The highest BCUT2D eigenvalue weighted by molar-refractivity contribution is 5.76. The van der Waals surface area contributed by atoms with E-state index >= 15 is 0 Å². The third-order valence-corrected chi connectivity index (χ3v) is 8.83. The van der Waals surface area contributed by atoms with Crippen LogP contribution in [-0.4, -0.2) is 49.7 Å². The van der Waals surface area contributed by atoms with E-state index in [2.05, 4.69) is 61.8 Å². The van der Waals surface area contributed by atoms with E-state index in [1.165, 1.54) is 36.1 Å². The Labute approximate surface area is 187 Å². The van der Waals surface area contributed by atoms with Gasteiger partial charge in [-0.1, -0.05) is 44.1 Å². The van der Waals surface area contributed by atoms with Crippen LogP contribution in [0.15, 0.2) is 29.8 Å². The Hall–Kier alpha value is -1.81. The van der Waals surface area contributed by atoms with E-state index in [4.69, 9.17) is 4.74 Å². The van der Waals surface area contributed by atoms with Gasteiger partial charge in [0.1, 0.15) is 6.10 Å². The predicted octanol–water partition coefficient (Wildman–Crippen LogP) is 4.74. The molecule has 1 aromatic rings. The van der Waals surface area contributed by atoms with Crippen LogP contribution in [0.1, 0.15) is 50.7 Å². The molecular weight excluding hydrogens is 384 g/mol. The van der Waals surface area contributed by atoms with E-state index < -0.39 is 0 Å². The molecule has 2 saturated heterocycles. The minimum absolute atomic E-state index is 0.00318. The van der Waals surface area contributed by atoms with Crippen LogP contribution in [0.25, 0.3) is 0 Å². The fraction of sp³-hybridized carbons (Fsp3) is 0.667. The summed E-state index contributed by atoms with van der Waals surface area (Å²) < 4.78 is 5.97. The molecule has 168 valence electrons. The summed E-state index contributed by atoms with van der Waals surface area (Å²) in [4.78, 5) is 17.9. The normalized spacial score (nSPS) is 35.9. The van der Waals surface area contributed by atoms with Gasteiger partial charge in [-0.05, 0) is 61.6 Å². The summed E-state index contributed by atoms with van der Waals surface area (Å²) in [6, 6.07) is 6.59. The van der Waals surface area contributed by atoms with Crippen LogP contribution in [-0.2, 0) is 9.53 Å². The molecule has 0 unspecified atom stereocenters. The molecule has 0 spiro atoms. The Balaban J connectivity index is 1.27. The van der Waals surface area contributed by atoms with Gasteiger partial charge in [0, 0.05) is 44.3 Å². The number of aryl methyl sites for hydroxylation is 1. The van der Waals surface area contributed by atoms with Gasteiger partial charge in [-0.15, -0.1) is 0 Å². The number of benzene rings is 1. The van der Waals surface area contributed by atoms with Crippen molar-refractivity contribution in [1.29, 1.82) is 0 Å². The number of esters is 1. The van der Waals surface area contributed by atoms with E-state index in [9.17, 15) is 4.79 Å². The number of rotatable bonds is 3. The molecule has 0 amide bonds. The molecule has 1 aromatic carbocycles. The molecule has 0 bridgehead atoms. The van der Waals surface area contributed by atoms with Crippen LogP contribution in [0.3, 0.4) is 0 Å². The molecule has 5 rings (SSSR count). The number of carbonyl (C=O) groups is 1. The van der Waals surface area contributed by atoms with Gasteiger partial charge in [0.25, 0.3) is 0 Å². The van der Waals surface area contributed by atoms with E-state index in [1.807, 2.05) is 0 Å². The van der Waals surface area contributed by atoms with Crippen molar-refractivity contribution in [3.63, 3.8) is 0 Å². The first-order chi connectivity index (χ1) is 14.9. The van der Waals surface area contributed by atoms with Gasteiger partial charge in [-0.2, -0.15) is 0 Å². The van der Waals surface area contributed by atoms with E-state index in [1.54, 1.807) is 5.57 Å². The fourth-order valence-electron chi connectivity index (χ4n) is 6.79. The van der Waals surface area contributed by atoms with Crippen molar-refractivity contribution >= 4 is 11.7 Å². The summed E-state index contributed by atoms with van der Waals surface area (Å²) in [6.45, 7) is 14.1. The number of hydrogen-bond acceptors (Lipinski definition) is 4. The summed E-state index contributed by atoms with van der Waals surface area (Å²) in [5.41, 5.74) is 5.96. The number of anilines is 1. The smallest absolute Gasteiger partial charge is 0.311 e. The minimum Gasteiger partial charge on any atom is -0.461 e. The molecule has 0 N–H and O–H groups in total. The molecule has 4 nitrogen and oxygen atoms in total. The van der Waals surface area contributed by atoms with Crippen molar-refractivity contribution in [2.75, 3.05) is 37.6 Å². The third kappa shape index (κ3) is 3.71. The van der Waals surface area contributed by atoms with Crippen LogP contribution in [0.4, 0.5) is 5.69 Å². The largest absolute Gasteiger partial charge is 0.461 e. The maximum atomic E-state index is 12.9. The molecule has 0 aromatic heterocycles. The number of piperazine rings is 1. The zero-order valence-electron chi connectivity index (χ0n) is 19.7. The quantitative estimate of drug-likeness (QED) is 0.520. The van der Waals surface area contributed by atoms with Crippen molar-refractivity contribution < 1.29 is 9.53 Å². The zero-order valence-corrected chi connectivity index (χ0v) is 19.7. The first kappa shape index (κ1) is 21.1. The number of hydrogen-bond donors (Lipinski definition) is 0. The zero-order chi connectivity index (χ0) is 21.8. The number of nitrogens with zero attached hydrogens (tertiary/aromatic N) is 2. The predicted molar refractivity (Wildman–Crippen MR) is 125 cm³/mol. The minimum atomic E-state index is 0.00318. The molecule has 4 aliphatic rings. The van der Waals surface area contributed by atoms with Gasteiger partial charge >= 0.3 is 5.97 Å². The second-order valence-corrected chi connectivity index (χ2v) is 10.8. The summed E-state index contributed by atoms with van der Waals surface area (Å²) in [5, 5.41) is 0. The highest BCUT2D eigenvalue weighted by atomic mass is 16.6. The van der Waals surface area contributed by atoms with E-state index in [0.29, 0.717) is 5.92 Å². The topological polar surface area (TPSA) is 32.8 Å².